The lowest BCUT2D eigenvalue weighted by Crippen LogP contribution is -2.40. The number of anilines is 2. The van der Waals surface area contributed by atoms with Gasteiger partial charge in [-0.3, -0.25) is 0 Å². The highest BCUT2D eigenvalue weighted by Crippen LogP contribution is 2.65. The number of fused-ring (bicyclic) bond motifs is 16. The van der Waals surface area contributed by atoms with Crippen molar-refractivity contribution in [3.8, 4) is 56.0 Å². The maximum atomic E-state index is 7.13. The van der Waals surface area contributed by atoms with E-state index in [1.807, 2.05) is 0 Å². The zero-order valence-corrected chi connectivity index (χ0v) is 34.0. The second-order valence-corrected chi connectivity index (χ2v) is 17.5. The summed E-state index contributed by atoms with van der Waals surface area (Å²) in [6.45, 7) is 4.69. The Kier molecular flexibility index (Phi) is 7.11. The summed E-state index contributed by atoms with van der Waals surface area (Å²) >= 11 is 0. The molecule has 3 heteroatoms. The van der Waals surface area contributed by atoms with Crippen LogP contribution in [0.2, 0.25) is 0 Å². The molecule has 0 fully saturated rings. The van der Waals surface area contributed by atoms with Crippen molar-refractivity contribution in [1.82, 2.24) is 0 Å². The first-order valence-electron chi connectivity index (χ1n) is 21.4. The van der Waals surface area contributed by atoms with Crippen LogP contribution in [-0.4, -0.2) is 12.2 Å². The van der Waals surface area contributed by atoms with Crippen LogP contribution in [-0.2, 0) is 10.8 Å². The van der Waals surface area contributed by atoms with Gasteiger partial charge in [-0.2, -0.15) is 0 Å². The first-order valence-corrected chi connectivity index (χ1v) is 21.4. The molecule has 1 spiro atoms. The van der Waals surface area contributed by atoms with Crippen molar-refractivity contribution in [2.75, 3.05) is 4.90 Å². The molecule has 0 bridgehead atoms. The SMILES string of the molecule is CC1(C)c2ccccc2-c2ccc(-c3cccc(N(C4=CC5Oc6ccc7c(c6OC5C=C4)-c4ccccc4C74c5ccccc5-c5ccccc54)c4ccccc4)c3)cc21. The van der Waals surface area contributed by atoms with Gasteiger partial charge < -0.3 is 14.4 Å². The molecule has 0 N–H and O–H groups in total. The van der Waals surface area contributed by atoms with E-state index in [-0.39, 0.29) is 17.6 Å². The first kappa shape index (κ1) is 34.5. The zero-order chi connectivity index (χ0) is 40.5. The first-order chi connectivity index (χ1) is 30.0. The number of para-hydroxylation sites is 1. The van der Waals surface area contributed by atoms with E-state index >= 15 is 0 Å². The molecule has 1 aliphatic heterocycles. The predicted molar refractivity (Wildman–Crippen MR) is 247 cm³/mol. The van der Waals surface area contributed by atoms with Gasteiger partial charge in [0.1, 0.15) is 0 Å². The van der Waals surface area contributed by atoms with E-state index in [2.05, 4.69) is 219 Å². The summed E-state index contributed by atoms with van der Waals surface area (Å²) < 4.78 is 14.2. The van der Waals surface area contributed by atoms with Crippen molar-refractivity contribution in [3.05, 3.63) is 239 Å². The minimum atomic E-state index is -0.435. The van der Waals surface area contributed by atoms with Gasteiger partial charge in [0.25, 0.3) is 0 Å². The number of allylic oxidation sites excluding steroid dienone is 1. The summed E-state index contributed by atoms with van der Waals surface area (Å²) in [4.78, 5) is 2.33. The van der Waals surface area contributed by atoms with E-state index in [0.717, 1.165) is 34.1 Å². The van der Waals surface area contributed by atoms with Crippen LogP contribution >= 0.6 is 0 Å². The van der Waals surface area contributed by atoms with Gasteiger partial charge in [-0.25, -0.2) is 0 Å². The van der Waals surface area contributed by atoms with Crippen molar-refractivity contribution >= 4 is 11.4 Å². The Bertz CT molecular complexity index is 3160. The highest BCUT2D eigenvalue weighted by molar-refractivity contribution is 5.97. The van der Waals surface area contributed by atoms with Crippen LogP contribution in [0, 0.1) is 0 Å². The van der Waals surface area contributed by atoms with Crippen LogP contribution in [0.3, 0.4) is 0 Å². The Labute approximate surface area is 356 Å². The molecule has 2 atom stereocenters. The summed E-state index contributed by atoms with van der Waals surface area (Å²) in [5, 5.41) is 0. The maximum absolute atomic E-state index is 7.13. The molecule has 0 saturated heterocycles. The fourth-order valence-corrected chi connectivity index (χ4v) is 11.3. The molecule has 8 aromatic rings. The minimum Gasteiger partial charge on any atom is -0.478 e. The third-order valence-electron chi connectivity index (χ3n) is 14.0. The van der Waals surface area contributed by atoms with Gasteiger partial charge in [0, 0.05) is 28.1 Å². The second kappa shape index (κ2) is 12.6. The van der Waals surface area contributed by atoms with Gasteiger partial charge in [0.2, 0.25) is 0 Å². The smallest absolute Gasteiger partial charge is 0.170 e. The molecule has 8 aromatic carbocycles. The van der Waals surface area contributed by atoms with Crippen molar-refractivity contribution in [2.45, 2.75) is 36.9 Å². The molecule has 0 radical (unpaired) electrons. The van der Waals surface area contributed by atoms with Crippen LogP contribution in [0.15, 0.2) is 206 Å². The quantitative estimate of drug-likeness (QED) is 0.177. The molecule has 3 nitrogen and oxygen atoms in total. The summed E-state index contributed by atoms with van der Waals surface area (Å²) in [7, 11) is 0. The van der Waals surface area contributed by atoms with E-state index in [4.69, 9.17) is 9.47 Å². The predicted octanol–water partition coefficient (Wildman–Crippen LogP) is 13.8. The zero-order valence-electron chi connectivity index (χ0n) is 34.0. The molecule has 2 unspecified atom stereocenters. The van der Waals surface area contributed by atoms with Crippen LogP contribution in [0.5, 0.6) is 11.5 Å². The minimum absolute atomic E-state index is 0.0667. The van der Waals surface area contributed by atoms with Crippen molar-refractivity contribution in [3.63, 3.8) is 0 Å². The summed E-state index contributed by atoms with van der Waals surface area (Å²) in [6, 6.07) is 66.5. The number of benzene rings is 8. The number of hydrogen-bond acceptors (Lipinski definition) is 3. The summed E-state index contributed by atoms with van der Waals surface area (Å²) in [5.74, 6) is 1.59. The fourth-order valence-electron chi connectivity index (χ4n) is 11.3. The van der Waals surface area contributed by atoms with Gasteiger partial charge >= 0.3 is 0 Å². The standard InChI is InChI=1S/C58H41NO2/c1-57(2)46-23-10-6-19-41(46)44-29-27-37(34-51(44)57)36-15-14-18-39(33-36)59(38-16-4-3-5-17-38)40-28-31-52-54(35-40)60-53-32-30-50-55(56(53)61-52)45-22-9-13-26-49(45)58(50)47-24-11-7-20-42(47)43-21-8-12-25-48(43)58/h3-35,52,54H,1-2H3. The lowest BCUT2D eigenvalue weighted by atomic mass is 9.70. The molecule has 1 heterocycles. The monoisotopic (exact) mass is 783 g/mol. The number of rotatable bonds is 4. The molecule has 0 aromatic heterocycles. The van der Waals surface area contributed by atoms with Gasteiger partial charge in [-0.1, -0.05) is 159 Å². The van der Waals surface area contributed by atoms with Crippen LogP contribution in [0.25, 0.3) is 44.5 Å². The molecule has 5 aliphatic rings. The van der Waals surface area contributed by atoms with Gasteiger partial charge in [-0.15, -0.1) is 0 Å². The molecule has 290 valence electrons. The van der Waals surface area contributed by atoms with Gasteiger partial charge in [0.15, 0.2) is 23.7 Å². The van der Waals surface area contributed by atoms with Crippen molar-refractivity contribution in [2.24, 2.45) is 0 Å². The number of hydrogen-bond donors (Lipinski definition) is 0. The van der Waals surface area contributed by atoms with E-state index in [9.17, 15) is 0 Å². The van der Waals surface area contributed by atoms with E-state index in [0.29, 0.717) is 0 Å². The average molecular weight is 784 g/mol. The molecule has 4 aliphatic carbocycles. The Hall–Kier alpha value is -7.36. The molecule has 0 saturated carbocycles. The number of nitrogens with zero attached hydrogens (tertiary/aromatic N) is 1. The lowest BCUT2D eigenvalue weighted by Gasteiger charge is -2.37. The molecular formula is C58H41NO2. The Morgan fingerprint density at radius 3 is 1.77 bits per heavy atom. The molecule has 0 amide bonds. The van der Waals surface area contributed by atoms with Crippen LogP contribution < -0.4 is 14.4 Å². The highest BCUT2D eigenvalue weighted by Gasteiger charge is 2.53. The largest absolute Gasteiger partial charge is 0.478 e. The maximum Gasteiger partial charge on any atom is 0.170 e. The van der Waals surface area contributed by atoms with E-state index in [1.165, 1.54) is 72.3 Å². The number of ether oxygens (including phenoxy) is 2. The summed E-state index contributed by atoms with van der Waals surface area (Å²) in [5.41, 5.74) is 20.6. The molecule has 13 rings (SSSR count). The Morgan fingerprint density at radius 1 is 0.443 bits per heavy atom. The third kappa shape index (κ3) is 4.69. The van der Waals surface area contributed by atoms with Crippen molar-refractivity contribution in [1.29, 1.82) is 0 Å². The topological polar surface area (TPSA) is 21.7 Å². The lowest BCUT2D eigenvalue weighted by molar-refractivity contribution is 0.0755. The van der Waals surface area contributed by atoms with Gasteiger partial charge in [-0.05, 0) is 127 Å². The summed E-state index contributed by atoms with van der Waals surface area (Å²) in [6.07, 6.45) is 6.00. The normalized spacial score (nSPS) is 18.2. The fraction of sp³-hybridized carbons (Fsp3) is 0.103. The van der Waals surface area contributed by atoms with E-state index < -0.39 is 5.41 Å². The average Bonchev–Trinajstić information content (AvgIpc) is 3.87. The van der Waals surface area contributed by atoms with Crippen LogP contribution in [0.4, 0.5) is 11.4 Å². The van der Waals surface area contributed by atoms with Crippen LogP contribution in [0.1, 0.15) is 47.2 Å². The third-order valence-corrected chi connectivity index (χ3v) is 14.0. The highest BCUT2D eigenvalue weighted by atomic mass is 16.6. The van der Waals surface area contributed by atoms with Gasteiger partial charge in [0.05, 0.1) is 5.41 Å². The second-order valence-electron chi connectivity index (χ2n) is 17.5. The molecular weight excluding hydrogens is 743 g/mol. The Balaban J connectivity index is 0.889. The van der Waals surface area contributed by atoms with Crippen molar-refractivity contribution < 1.29 is 9.47 Å². The molecule has 61 heavy (non-hydrogen) atoms. The Morgan fingerprint density at radius 2 is 1.03 bits per heavy atom. The van der Waals surface area contributed by atoms with E-state index in [1.54, 1.807) is 0 Å².